The number of halogens is 2. The van der Waals surface area contributed by atoms with E-state index in [2.05, 4.69) is 9.71 Å². The summed E-state index contributed by atoms with van der Waals surface area (Å²) in [5.74, 6) is 0.0311. The molecule has 8 heteroatoms. The van der Waals surface area contributed by atoms with Crippen LogP contribution in [0.1, 0.15) is 0 Å². The molecule has 0 saturated heterocycles. The number of nitrogens with two attached hydrogens (primary N) is 1. The summed E-state index contributed by atoms with van der Waals surface area (Å²) >= 11 is 11.6. The molecule has 0 bridgehead atoms. The van der Waals surface area contributed by atoms with Gasteiger partial charge < -0.3 is 5.73 Å². The highest BCUT2D eigenvalue weighted by atomic mass is 35.5. The second-order valence-corrected chi connectivity index (χ2v) is 6.12. The van der Waals surface area contributed by atoms with Crippen LogP contribution in [0.5, 0.6) is 0 Å². The topological polar surface area (TPSA) is 85.1 Å². The van der Waals surface area contributed by atoms with Crippen LogP contribution < -0.4 is 10.5 Å². The van der Waals surface area contributed by atoms with Gasteiger partial charge in [-0.05, 0) is 30.3 Å². The Kier molecular flexibility index (Phi) is 3.84. The number of anilines is 2. The van der Waals surface area contributed by atoms with Crippen molar-refractivity contribution in [3.05, 3.63) is 46.6 Å². The summed E-state index contributed by atoms with van der Waals surface area (Å²) in [5.41, 5.74) is 5.72. The number of aromatic nitrogens is 1. The van der Waals surface area contributed by atoms with Crippen molar-refractivity contribution in [2.45, 2.75) is 4.90 Å². The molecule has 0 aliphatic rings. The largest absolute Gasteiger partial charge is 0.398 e. The van der Waals surface area contributed by atoms with Crippen molar-refractivity contribution in [2.75, 3.05) is 10.5 Å². The second kappa shape index (κ2) is 5.24. The zero-order valence-electron chi connectivity index (χ0n) is 9.47. The Balaban J connectivity index is 2.44. The van der Waals surface area contributed by atoms with Crippen molar-refractivity contribution < 1.29 is 8.42 Å². The van der Waals surface area contributed by atoms with Gasteiger partial charge in [-0.25, -0.2) is 13.4 Å². The number of sulfonamides is 1. The van der Waals surface area contributed by atoms with Crippen molar-refractivity contribution in [2.24, 2.45) is 0 Å². The van der Waals surface area contributed by atoms with Crippen molar-refractivity contribution in [1.82, 2.24) is 4.98 Å². The molecule has 0 atom stereocenters. The fourth-order valence-electron chi connectivity index (χ4n) is 1.38. The van der Waals surface area contributed by atoms with Crippen molar-refractivity contribution in [1.29, 1.82) is 0 Å². The average Bonchev–Trinajstić information content (AvgIpc) is 2.35. The van der Waals surface area contributed by atoms with Gasteiger partial charge in [0.15, 0.2) is 5.82 Å². The molecule has 0 aliphatic heterocycles. The minimum Gasteiger partial charge on any atom is -0.398 e. The lowest BCUT2D eigenvalue weighted by atomic mass is 10.3. The molecule has 0 unspecified atom stereocenters. The van der Waals surface area contributed by atoms with Crippen LogP contribution in [-0.2, 0) is 10.0 Å². The van der Waals surface area contributed by atoms with Gasteiger partial charge in [-0.2, -0.15) is 0 Å². The fourth-order valence-corrected chi connectivity index (χ4v) is 3.03. The fraction of sp³-hybridized carbons (Fsp3) is 0. The van der Waals surface area contributed by atoms with Crippen molar-refractivity contribution >= 4 is 44.7 Å². The maximum absolute atomic E-state index is 12.2. The van der Waals surface area contributed by atoms with Crippen LogP contribution in [0.3, 0.4) is 0 Å². The maximum atomic E-state index is 12.2. The first-order valence-corrected chi connectivity index (χ1v) is 7.32. The number of nitrogens with zero attached hydrogens (tertiary/aromatic N) is 1. The van der Waals surface area contributed by atoms with Crippen LogP contribution in [0, 0.1) is 0 Å². The van der Waals surface area contributed by atoms with Crippen LogP contribution >= 0.6 is 23.2 Å². The molecule has 2 rings (SSSR count). The predicted molar refractivity (Wildman–Crippen MR) is 75.9 cm³/mol. The van der Waals surface area contributed by atoms with Crippen LogP contribution in [-0.4, -0.2) is 13.4 Å². The first-order valence-electron chi connectivity index (χ1n) is 5.08. The number of nitrogens with one attached hydrogen (secondary N) is 1. The highest BCUT2D eigenvalue weighted by Crippen LogP contribution is 2.26. The number of rotatable bonds is 3. The standard InChI is InChI=1S/C11H9Cl2N3O2S/c12-7-3-4-9(14)10(6-7)19(17,18)16-11-8(13)2-1-5-15-11/h1-6H,14H2,(H,15,16). The molecule has 3 N–H and O–H groups in total. The molecule has 0 aliphatic carbocycles. The normalized spacial score (nSPS) is 11.3. The van der Waals surface area contributed by atoms with Gasteiger partial charge in [0.25, 0.3) is 10.0 Å². The van der Waals surface area contributed by atoms with Gasteiger partial charge in [0.05, 0.1) is 10.7 Å². The molecule has 100 valence electrons. The van der Waals surface area contributed by atoms with Gasteiger partial charge in [-0.15, -0.1) is 0 Å². The van der Waals surface area contributed by atoms with E-state index in [0.29, 0.717) is 0 Å². The number of hydrogen-bond donors (Lipinski definition) is 2. The predicted octanol–water partition coefficient (Wildman–Crippen LogP) is 2.77. The highest BCUT2D eigenvalue weighted by Gasteiger charge is 2.19. The van der Waals surface area contributed by atoms with Crippen molar-refractivity contribution in [3.8, 4) is 0 Å². The quantitative estimate of drug-likeness (QED) is 0.852. The number of hydrogen-bond acceptors (Lipinski definition) is 4. The van der Waals surface area contributed by atoms with Gasteiger partial charge in [-0.1, -0.05) is 23.2 Å². The van der Waals surface area contributed by atoms with E-state index >= 15 is 0 Å². The van der Waals surface area contributed by atoms with Crippen LogP contribution in [0.15, 0.2) is 41.4 Å². The van der Waals surface area contributed by atoms with E-state index in [1.54, 1.807) is 6.07 Å². The van der Waals surface area contributed by atoms with E-state index in [9.17, 15) is 8.42 Å². The summed E-state index contributed by atoms with van der Waals surface area (Å²) in [6.07, 6.45) is 1.42. The Hall–Kier alpha value is -1.50. The smallest absolute Gasteiger partial charge is 0.265 e. The van der Waals surface area contributed by atoms with Crippen LogP contribution in [0.25, 0.3) is 0 Å². The maximum Gasteiger partial charge on any atom is 0.265 e. The summed E-state index contributed by atoms with van der Waals surface area (Å²) in [4.78, 5) is 3.72. The van der Waals surface area contributed by atoms with E-state index < -0.39 is 10.0 Å². The third-order valence-corrected chi connectivity index (χ3v) is 4.19. The molecule has 1 aromatic carbocycles. The summed E-state index contributed by atoms with van der Waals surface area (Å²) < 4.78 is 26.6. The van der Waals surface area contributed by atoms with Gasteiger partial charge in [0, 0.05) is 11.2 Å². The molecule has 0 saturated carbocycles. The molecule has 1 aromatic heterocycles. The van der Waals surface area contributed by atoms with Gasteiger partial charge in [-0.3, -0.25) is 4.72 Å². The van der Waals surface area contributed by atoms with E-state index in [0.717, 1.165) is 0 Å². The van der Waals surface area contributed by atoms with E-state index in [4.69, 9.17) is 28.9 Å². The minimum absolute atomic E-state index is 0.0311. The molecule has 19 heavy (non-hydrogen) atoms. The average molecular weight is 318 g/mol. The van der Waals surface area contributed by atoms with Gasteiger partial charge in [0.2, 0.25) is 0 Å². The SMILES string of the molecule is Nc1ccc(Cl)cc1S(=O)(=O)Nc1ncccc1Cl. The highest BCUT2D eigenvalue weighted by molar-refractivity contribution is 7.92. The molecule has 2 aromatic rings. The molecular weight excluding hydrogens is 309 g/mol. The second-order valence-electron chi connectivity index (χ2n) is 3.62. The third kappa shape index (κ3) is 3.09. The van der Waals surface area contributed by atoms with Crippen molar-refractivity contribution in [3.63, 3.8) is 0 Å². The molecule has 0 amide bonds. The lowest BCUT2D eigenvalue weighted by molar-refractivity contribution is 0.601. The van der Waals surface area contributed by atoms with E-state index in [1.165, 1.54) is 30.5 Å². The Morgan fingerprint density at radius 3 is 2.63 bits per heavy atom. The van der Waals surface area contributed by atoms with Gasteiger partial charge in [0.1, 0.15) is 4.90 Å². The monoisotopic (exact) mass is 317 g/mol. The van der Waals surface area contributed by atoms with Gasteiger partial charge >= 0.3 is 0 Å². The Labute approximate surface area is 120 Å². The first kappa shape index (κ1) is 13.9. The molecule has 5 nitrogen and oxygen atoms in total. The van der Waals surface area contributed by atoms with E-state index in [-0.39, 0.29) is 26.4 Å². The zero-order chi connectivity index (χ0) is 14.0. The van der Waals surface area contributed by atoms with E-state index in [1.807, 2.05) is 0 Å². The lowest BCUT2D eigenvalue weighted by Crippen LogP contribution is -2.15. The summed E-state index contributed by atoms with van der Waals surface area (Å²) in [6.45, 7) is 0. The third-order valence-electron chi connectivity index (χ3n) is 2.25. The zero-order valence-corrected chi connectivity index (χ0v) is 11.8. The first-order chi connectivity index (χ1) is 8.90. The molecule has 0 spiro atoms. The Morgan fingerprint density at radius 2 is 1.95 bits per heavy atom. The Bertz CT molecular complexity index is 720. The number of nitrogen functional groups attached to an aromatic ring is 1. The summed E-state index contributed by atoms with van der Waals surface area (Å²) in [6, 6.07) is 7.29. The van der Waals surface area contributed by atoms with Crippen LogP contribution in [0.4, 0.5) is 11.5 Å². The Morgan fingerprint density at radius 1 is 1.21 bits per heavy atom. The summed E-state index contributed by atoms with van der Waals surface area (Å²) in [5, 5.41) is 0.452. The molecule has 0 radical (unpaired) electrons. The van der Waals surface area contributed by atoms with Crippen LogP contribution in [0.2, 0.25) is 10.0 Å². The molecule has 1 heterocycles. The summed E-state index contributed by atoms with van der Waals surface area (Å²) in [7, 11) is -3.90. The lowest BCUT2D eigenvalue weighted by Gasteiger charge is -2.10. The molecular formula is C11H9Cl2N3O2S. The molecule has 0 fully saturated rings. The number of benzene rings is 1. The minimum atomic E-state index is -3.90. The number of pyridine rings is 1.